The van der Waals surface area contributed by atoms with E-state index in [9.17, 15) is 0 Å². The summed E-state index contributed by atoms with van der Waals surface area (Å²) >= 11 is 6.07. The van der Waals surface area contributed by atoms with Gasteiger partial charge in [0.05, 0.1) is 0 Å². The SMILES string of the molecule is NC(=NCCc1c[nH]c2ccc(Cl)cc12)N1CCCCC1. The molecule has 1 aromatic heterocycles. The van der Waals surface area contributed by atoms with Crippen molar-refractivity contribution in [3.63, 3.8) is 0 Å². The number of nitrogens with one attached hydrogen (secondary N) is 1. The van der Waals surface area contributed by atoms with E-state index in [1.807, 2.05) is 24.4 Å². The number of nitrogens with zero attached hydrogens (tertiary/aromatic N) is 2. The van der Waals surface area contributed by atoms with Crippen LogP contribution in [0.4, 0.5) is 0 Å². The molecule has 2 aromatic rings. The molecule has 1 aliphatic rings. The van der Waals surface area contributed by atoms with Gasteiger partial charge in [-0.25, -0.2) is 0 Å². The van der Waals surface area contributed by atoms with E-state index in [1.54, 1.807) is 0 Å². The smallest absolute Gasteiger partial charge is 0.191 e. The summed E-state index contributed by atoms with van der Waals surface area (Å²) in [6, 6.07) is 5.91. The average Bonchev–Trinajstić information content (AvgIpc) is 2.90. The molecule has 112 valence electrons. The molecule has 0 aliphatic carbocycles. The van der Waals surface area contributed by atoms with Crippen LogP contribution in [0.1, 0.15) is 24.8 Å². The Balaban J connectivity index is 1.64. The maximum atomic E-state index is 6.07. The fourth-order valence-electron chi connectivity index (χ4n) is 2.87. The van der Waals surface area contributed by atoms with E-state index in [1.165, 1.54) is 30.2 Å². The fraction of sp³-hybridized carbons (Fsp3) is 0.438. The zero-order valence-corrected chi connectivity index (χ0v) is 12.9. The Labute approximate surface area is 130 Å². The van der Waals surface area contributed by atoms with Gasteiger partial charge in [0.15, 0.2) is 5.96 Å². The van der Waals surface area contributed by atoms with E-state index < -0.39 is 0 Å². The molecule has 0 bridgehead atoms. The predicted octanol–water partition coefficient (Wildman–Crippen LogP) is 3.16. The molecule has 0 spiro atoms. The summed E-state index contributed by atoms with van der Waals surface area (Å²) in [6.45, 7) is 2.79. The summed E-state index contributed by atoms with van der Waals surface area (Å²) in [7, 11) is 0. The van der Waals surface area contributed by atoms with Gasteiger partial charge in [0, 0.05) is 41.8 Å². The number of hydrogen-bond donors (Lipinski definition) is 2. The van der Waals surface area contributed by atoms with Crippen LogP contribution in [-0.4, -0.2) is 35.5 Å². The Morgan fingerprint density at radius 1 is 1.29 bits per heavy atom. The molecule has 4 nitrogen and oxygen atoms in total. The standard InChI is InChI=1S/C16H21ClN4/c17-13-4-5-15-14(10-13)12(11-20-15)6-7-19-16(18)21-8-2-1-3-9-21/h4-5,10-11,20H,1-3,6-9H2,(H2,18,19). The molecule has 1 saturated heterocycles. The van der Waals surface area contributed by atoms with Crippen LogP contribution >= 0.6 is 11.6 Å². The minimum absolute atomic E-state index is 0.688. The van der Waals surface area contributed by atoms with Gasteiger partial charge in [-0.1, -0.05) is 11.6 Å². The third kappa shape index (κ3) is 3.32. The van der Waals surface area contributed by atoms with Gasteiger partial charge < -0.3 is 15.6 Å². The van der Waals surface area contributed by atoms with Crippen molar-refractivity contribution in [2.45, 2.75) is 25.7 Å². The number of nitrogens with two attached hydrogens (primary N) is 1. The molecule has 0 unspecified atom stereocenters. The van der Waals surface area contributed by atoms with Gasteiger partial charge in [0.2, 0.25) is 0 Å². The van der Waals surface area contributed by atoms with Gasteiger partial charge >= 0.3 is 0 Å². The average molecular weight is 305 g/mol. The lowest BCUT2D eigenvalue weighted by Gasteiger charge is -2.27. The van der Waals surface area contributed by atoms with Gasteiger partial charge in [-0.3, -0.25) is 4.99 Å². The van der Waals surface area contributed by atoms with Crippen molar-refractivity contribution in [1.29, 1.82) is 0 Å². The van der Waals surface area contributed by atoms with Crippen molar-refractivity contribution in [2.75, 3.05) is 19.6 Å². The second-order valence-electron chi connectivity index (χ2n) is 5.54. The van der Waals surface area contributed by atoms with E-state index in [2.05, 4.69) is 14.9 Å². The summed E-state index contributed by atoms with van der Waals surface area (Å²) < 4.78 is 0. The molecule has 1 aromatic carbocycles. The number of piperidine rings is 1. The number of fused-ring (bicyclic) bond motifs is 1. The van der Waals surface area contributed by atoms with Crippen LogP contribution in [0.3, 0.4) is 0 Å². The number of hydrogen-bond acceptors (Lipinski definition) is 1. The lowest BCUT2D eigenvalue weighted by atomic mass is 10.1. The molecule has 1 fully saturated rings. The number of aliphatic imine (C=N–C) groups is 1. The molecule has 5 heteroatoms. The van der Waals surface area contributed by atoms with Crippen LogP contribution < -0.4 is 5.73 Å². The normalized spacial score (nSPS) is 16.6. The highest BCUT2D eigenvalue weighted by atomic mass is 35.5. The van der Waals surface area contributed by atoms with Crippen molar-refractivity contribution in [1.82, 2.24) is 9.88 Å². The molecule has 3 N–H and O–H groups in total. The maximum absolute atomic E-state index is 6.07. The van der Waals surface area contributed by atoms with E-state index >= 15 is 0 Å². The Bertz CT molecular complexity index is 641. The van der Waals surface area contributed by atoms with Gasteiger partial charge in [0.1, 0.15) is 0 Å². The number of H-pyrrole nitrogens is 1. The van der Waals surface area contributed by atoms with E-state index in [0.717, 1.165) is 30.0 Å². The Hall–Kier alpha value is -1.68. The van der Waals surface area contributed by atoms with Gasteiger partial charge in [-0.15, -0.1) is 0 Å². The molecule has 0 radical (unpaired) electrons. The summed E-state index contributed by atoms with van der Waals surface area (Å²) in [5, 5.41) is 1.94. The number of halogens is 1. The number of rotatable bonds is 3. The molecule has 21 heavy (non-hydrogen) atoms. The van der Waals surface area contributed by atoms with Crippen LogP contribution in [0.2, 0.25) is 5.02 Å². The Morgan fingerprint density at radius 2 is 2.10 bits per heavy atom. The van der Waals surface area contributed by atoms with E-state index in [4.69, 9.17) is 17.3 Å². The Morgan fingerprint density at radius 3 is 2.90 bits per heavy atom. The molecular weight excluding hydrogens is 284 g/mol. The van der Waals surface area contributed by atoms with Gasteiger partial charge in [0.25, 0.3) is 0 Å². The first-order valence-corrected chi connectivity index (χ1v) is 7.92. The van der Waals surface area contributed by atoms with Crippen LogP contribution in [-0.2, 0) is 6.42 Å². The molecular formula is C16H21ClN4. The monoisotopic (exact) mass is 304 g/mol. The van der Waals surface area contributed by atoms with Crippen LogP contribution in [0.5, 0.6) is 0 Å². The molecule has 2 heterocycles. The van der Waals surface area contributed by atoms with Gasteiger partial charge in [-0.2, -0.15) is 0 Å². The molecule has 1 aliphatic heterocycles. The zero-order chi connectivity index (χ0) is 14.7. The number of guanidine groups is 1. The van der Waals surface area contributed by atoms with Crippen molar-refractivity contribution in [3.8, 4) is 0 Å². The van der Waals surface area contributed by atoms with Crippen molar-refractivity contribution >= 4 is 28.5 Å². The fourth-order valence-corrected chi connectivity index (χ4v) is 3.04. The minimum Gasteiger partial charge on any atom is -0.370 e. The Kier molecular flexibility index (Phi) is 4.34. The van der Waals surface area contributed by atoms with Crippen LogP contribution in [0.25, 0.3) is 10.9 Å². The lowest BCUT2D eigenvalue weighted by molar-refractivity contribution is 0.338. The van der Waals surface area contributed by atoms with Crippen molar-refractivity contribution in [2.24, 2.45) is 10.7 Å². The minimum atomic E-state index is 0.688. The largest absolute Gasteiger partial charge is 0.370 e. The topological polar surface area (TPSA) is 57.4 Å². The van der Waals surface area contributed by atoms with E-state index in [0.29, 0.717) is 12.5 Å². The first-order valence-electron chi connectivity index (χ1n) is 7.54. The summed E-state index contributed by atoms with van der Waals surface area (Å²) in [5.74, 6) is 0.688. The third-order valence-corrected chi connectivity index (χ3v) is 4.30. The van der Waals surface area contributed by atoms with E-state index in [-0.39, 0.29) is 0 Å². The molecule has 3 rings (SSSR count). The van der Waals surface area contributed by atoms with Crippen molar-refractivity contribution < 1.29 is 0 Å². The molecule has 0 saturated carbocycles. The van der Waals surface area contributed by atoms with Gasteiger partial charge in [-0.05, 0) is 49.4 Å². The van der Waals surface area contributed by atoms with Crippen LogP contribution in [0.15, 0.2) is 29.4 Å². The lowest BCUT2D eigenvalue weighted by Crippen LogP contribution is -2.41. The second kappa shape index (κ2) is 6.39. The number of aromatic amines is 1. The van der Waals surface area contributed by atoms with Crippen LogP contribution in [0, 0.1) is 0 Å². The summed E-state index contributed by atoms with van der Waals surface area (Å²) in [5.41, 5.74) is 8.42. The highest BCUT2D eigenvalue weighted by Crippen LogP contribution is 2.22. The second-order valence-corrected chi connectivity index (χ2v) is 5.98. The summed E-state index contributed by atoms with van der Waals surface area (Å²) in [6.07, 6.45) is 6.65. The molecule has 0 atom stereocenters. The number of aromatic nitrogens is 1. The maximum Gasteiger partial charge on any atom is 0.191 e. The zero-order valence-electron chi connectivity index (χ0n) is 12.1. The summed E-state index contributed by atoms with van der Waals surface area (Å²) in [4.78, 5) is 9.98. The quantitative estimate of drug-likeness (QED) is 0.676. The third-order valence-electron chi connectivity index (χ3n) is 4.06. The first-order chi connectivity index (χ1) is 10.2. The number of likely N-dealkylation sites (tertiary alicyclic amines) is 1. The highest BCUT2D eigenvalue weighted by molar-refractivity contribution is 6.31. The van der Waals surface area contributed by atoms with Crippen molar-refractivity contribution in [3.05, 3.63) is 35.0 Å². The molecule has 0 amide bonds. The predicted molar refractivity (Wildman–Crippen MR) is 88.9 cm³/mol. The highest BCUT2D eigenvalue weighted by Gasteiger charge is 2.11. The first kappa shape index (κ1) is 14.3. The number of benzene rings is 1.